The minimum Gasteiger partial charge on any atom is -1.00 e. The van der Waals surface area contributed by atoms with E-state index in [1.165, 1.54) is 13.8 Å². The second-order valence-electron chi connectivity index (χ2n) is 5.33. The molecule has 5 nitrogen and oxygen atoms in total. The van der Waals surface area contributed by atoms with Crippen molar-refractivity contribution in [1.29, 1.82) is 0 Å². The maximum Gasteiger partial charge on any atom is 0.180 e. The SMILES string of the molecule is CC(=O)c1cc[n+](CC(O)C[n+]2ccc(C(C)=O)cc2)cc1.[Br-].[Br-]. The molecule has 2 aromatic heterocycles. The zero-order valence-electron chi connectivity index (χ0n) is 13.5. The molecule has 2 rings (SSSR count). The smallest absolute Gasteiger partial charge is 0.180 e. The van der Waals surface area contributed by atoms with Gasteiger partial charge in [0.1, 0.15) is 0 Å². The second-order valence-corrected chi connectivity index (χ2v) is 5.33. The van der Waals surface area contributed by atoms with E-state index in [1.54, 1.807) is 49.1 Å². The van der Waals surface area contributed by atoms with E-state index in [4.69, 9.17) is 0 Å². The third-order valence-electron chi connectivity index (χ3n) is 3.44. The summed E-state index contributed by atoms with van der Waals surface area (Å²) in [5, 5.41) is 10.1. The number of nitrogens with zero attached hydrogens (tertiary/aromatic N) is 2. The van der Waals surface area contributed by atoms with Gasteiger partial charge in [0.05, 0.1) is 0 Å². The predicted octanol–water partition coefficient (Wildman–Crippen LogP) is -5.26. The Morgan fingerprint density at radius 2 is 1.12 bits per heavy atom. The van der Waals surface area contributed by atoms with Crippen LogP contribution in [-0.4, -0.2) is 22.8 Å². The third kappa shape index (κ3) is 6.59. The molecule has 0 saturated carbocycles. The van der Waals surface area contributed by atoms with Gasteiger partial charge < -0.3 is 39.1 Å². The summed E-state index contributed by atoms with van der Waals surface area (Å²) in [5.74, 6) is 0.0441. The van der Waals surface area contributed by atoms with Crippen LogP contribution in [0, 0.1) is 0 Å². The van der Waals surface area contributed by atoms with Crippen LogP contribution < -0.4 is 43.1 Å². The summed E-state index contributed by atoms with van der Waals surface area (Å²) in [7, 11) is 0. The van der Waals surface area contributed by atoms with Gasteiger partial charge in [-0.15, -0.1) is 0 Å². The van der Waals surface area contributed by atoms with Crippen molar-refractivity contribution in [2.24, 2.45) is 0 Å². The Morgan fingerprint density at radius 1 is 0.833 bits per heavy atom. The lowest BCUT2D eigenvalue weighted by Gasteiger charge is -2.04. The van der Waals surface area contributed by atoms with Gasteiger partial charge >= 0.3 is 0 Å². The van der Waals surface area contributed by atoms with Gasteiger partial charge in [-0.25, -0.2) is 9.13 Å². The second kappa shape index (κ2) is 10.4. The first-order valence-corrected chi connectivity index (χ1v) is 7.14. The summed E-state index contributed by atoms with van der Waals surface area (Å²) < 4.78 is 3.67. The zero-order chi connectivity index (χ0) is 16.1. The molecular weight excluding hydrogens is 440 g/mol. The molecule has 0 bridgehead atoms. The van der Waals surface area contributed by atoms with Crippen molar-refractivity contribution in [2.45, 2.75) is 33.0 Å². The van der Waals surface area contributed by atoms with Crippen molar-refractivity contribution in [3.8, 4) is 0 Å². The molecule has 0 aliphatic rings. The minimum absolute atomic E-state index is 0. The largest absolute Gasteiger partial charge is 1.00 e. The molecule has 2 heterocycles. The molecule has 0 aliphatic heterocycles. The fraction of sp³-hybridized carbons (Fsp3) is 0.294. The van der Waals surface area contributed by atoms with E-state index in [0.29, 0.717) is 24.2 Å². The third-order valence-corrected chi connectivity index (χ3v) is 3.44. The molecule has 1 N–H and O–H groups in total. The maximum atomic E-state index is 11.2. The average Bonchev–Trinajstić information content (AvgIpc) is 2.48. The Morgan fingerprint density at radius 3 is 1.38 bits per heavy atom. The lowest BCUT2D eigenvalue weighted by molar-refractivity contribution is -0.737. The molecule has 0 radical (unpaired) electrons. The first kappa shape index (κ1) is 22.6. The van der Waals surface area contributed by atoms with Gasteiger partial charge in [0.15, 0.2) is 55.5 Å². The van der Waals surface area contributed by atoms with Crippen molar-refractivity contribution in [3.63, 3.8) is 0 Å². The van der Waals surface area contributed by atoms with Gasteiger partial charge in [0.25, 0.3) is 0 Å². The number of carbonyl (C=O) groups excluding carboxylic acids is 2. The summed E-state index contributed by atoms with van der Waals surface area (Å²) in [6, 6.07) is 6.96. The van der Waals surface area contributed by atoms with Crippen LogP contribution in [0.3, 0.4) is 0 Å². The highest BCUT2D eigenvalue weighted by Gasteiger charge is 2.16. The average molecular weight is 460 g/mol. The lowest BCUT2D eigenvalue weighted by Crippen LogP contribution is -3.00. The van der Waals surface area contributed by atoms with Gasteiger partial charge in [-0.3, -0.25) is 9.59 Å². The topological polar surface area (TPSA) is 62.1 Å². The molecule has 130 valence electrons. The Balaban J connectivity index is 0.00000264. The first-order valence-electron chi connectivity index (χ1n) is 7.14. The summed E-state index contributed by atoms with van der Waals surface area (Å²) in [6.07, 6.45) is 6.56. The molecule has 0 unspecified atom stereocenters. The number of pyridine rings is 2. The number of aliphatic hydroxyl groups is 1. The Kier molecular flexibility index (Phi) is 9.80. The number of Topliss-reactive ketones (excluding diaryl/α,β-unsaturated/α-hetero) is 2. The summed E-state index contributed by atoms with van der Waals surface area (Å²) in [4.78, 5) is 22.4. The number of hydrogen-bond acceptors (Lipinski definition) is 3. The highest BCUT2D eigenvalue weighted by atomic mass is 79.9. The number of aliphatic hydroxyl groups excluding tert-OH is 1. The molecule has 0 aromatic carbocycles. The summed E-state index contributed by atoms with van der Waals surface area (Å²) in [5.41, 5.74) is 1.31. The van der Waals surface area contributed by atoms with Crippen LogP contribution in [0.5, 0.6) is 0 Å². The Labute approximate surface area is 162 Å². The van der Waals surface area contributed by atoms with Crippen LogP contribution in [0.4, 0.5) is 0 Å². The van der Waals surface area contributed by atoms with Crippen LogP contribution in [-0.2, 0) is 13.1 Å². The standard InChI is InChI=1S/C17H20N2O3.2BrH/c1-13(20)15-3-7-18(8-4-15)11-17(22)12-19-9-5-16(6-10-19)14(2)21;;/h3-10,17,22H,11-12H2,1-2H3;2*1H/q+2;;/p-2. The molecular formula is C17H20Br2N2O3. The number of carbonyl (C=O) groups is 2. The van der Waals surface area contributed by atoms with Crippen molar-refractivity contribution < 1.29 is 57.8 Å². The quantitative estimate of drug-likeness (QED) is 0.347. The number of hydrogen-bond donors (Lipinski definition) is 1. The zero-order valence-corrected chi connectivity index (χ0v) is 16.7. The normalized spacial score (nSPS) is 9.83. The lowest BCUT2D eigenvalue weighted by atomic mass is 10.2. The van der Waals surface area contributed by atoms with Crippen molar-refractivity contribution in [2.75, 3.05) is 0 Å². The van der Waals surface area contributed by atoms with Gasteiger partial charge in [-0.05, 0) is 13.8 Å². The molecule has 0 fully saturated rings. The van der Waals surface area contributed by atoms with Gasteiger partial charge in [0, 0.05) is 35.4 Å². The van der Waals surface area contributed by atoms with E-state index in [0.717, 1.165) is 0 Å². The fourth-order valence-electron chi connectivity index (χ4n) is 2.17. The summed E-state index contributed by atoms with van der Waals surface area (Å²) >= 11 is 0. The number of rotatable bonds is 6. The maximum absolute atomic E-state index is 11.2. The molecule has 24 heavy (non-hydrogen) atoms. The van der Waals surface area contributed by atoms with Crippen LogP contribution in [0.2, 0.25) is 0 Å². The first-order chi connectivity index (χ1) is 10.5. The molecule has 0 saturated heterocycles. The molecule has 0 atom stereocenters. The Hall–Kier alpha value is -1.44. The van der Waals surface area contributed by atoms with Crippen LogP contribution in [0.15, 0.2) is 49.1 Å². The summed E-state index contributed by atoms with van der Waals surface area (Å²) in [6.45, 7) is 3.91. The number of ketones is 2. The van der Waals surface area contributed by atoms with Crippen molar-refractivity contribution in [1.82, 2.24) is 0 Å². The highest BCUT2D eigenvalue weighted by Crippen LogP contribution is 1.98. The minimum atomic E-state index is -0.568. The fourth-order valence-corrected chi connectivity index (χ4v) is 2.17. The van der Waals surface area contributed by atoms with Crippen molar-refractivity contribution >= 4 is 11.6 Å². The van der Waals surface area contributed by atoms with E-state index in [9.17, 15) is 14.7 Å². The van der Waals surface area contributed by atoms with Crippen molar-refractivity contribution in [3.05, 3.63) is 60.2 Å². The molecule has 0 amide bonds. The number of aromatic nitrogens is 2. The van der Waals surface area contributed by atoms with E-state index < -0.39 is 6.10 Å². The Bertz CT molecular complexity index is 614. The van der Waals surface area contributed by atoms with E-state index >= 15 is 0 Å². The van der Waals surface area contributed by atoms with Gasteiger partial charge in [0.2, 0.25) is 0 Å². The molecule has 0 spiro atoms. The molecule has 7 heteroatoms. The van der Waals surface area contributed by atoms with Crippen LogP contribution in [0.25, 0.3) is 0 Å². The monoisotopic (exact) mass is 458 g/mol. The van der Waals surface area contributed by atoms with E-state index in [-0.39, 0.29) is 45.5 Å². The number of halogens is 2. The molecule has 2 aromatic rings. The van der Waals surface area contributed by atoms with Gasteiger partial charge in [-0.2, -0.15) is 0 Å². The van der Waals surface area contributed by atoms with E-state index in [2.05, 4.69) is 0 Å². The van der Waals surface area contributed by atoms with Crippen LogP contribution in [0.1, 0.15) is 34.6 Å². The van der Waals surface area contributed by atoms with Crippen LogP contribution >= 0.6 is 0 Å². The molecule has 0 aliphatic carbocycles. The van der Waals surface area contributed by atoms with Gasteiger partial charge in [-0.1, -0.05) is 0 Å². The highest BCUT2D eigenvalue weighted by molar-refractivity contribution is 5.94. The predicted molar refractivity (Wildman–Crippen MR) is 79.3 cm³/mol. The van der Waals surface area contributed by atoms with E-state index in [1.807, 2.05) is 9.13 Å².